The maximum atomic E-state index is 12.1. The lowest BCUT2D eigenvalue weighted by atomic mass is 10.2. The van der Waals surface area contributed by atoms with Crippen LogP contribution in [0, 0.1) is 0 Å². The van der Waals surface area contributed by atoms with Crippen molar-refractivity contribution in [2.24, 2.45) is 5.10 Å². The molecule has 0 saturated carbocycles. The topological polar surface area (TPSA) is 83.5 Å². The normalized spacial score (nSPS) is 12.2. The van der Waals surface area contributed by atoms with E-state index in [1.807, 2.05) is 36.4 Å². The Morgan fingerprint density at radius 1 is 1.23 bits per heavy atom. The number of rotatable bonds is 5. The summed E-state index contributed by atoms with van der Waals surface area (Å²) in [6, 6.07) is 16.3. The number of halogens is 1. The number of carbonyl (C=O) groups excluding carboxylic acids is 1. The zero-order valence-electron chi connectivity index (χ0n) is 13.9. The molecule has 0 radical (unpaired) electrons. The molecule has 0 aliphatic rings. The molecule has 0 aliphatic heterocycles. The Bertz CT molecular complexity index is 1010. The number of ether oxygens (including phenoxy) is 1. The van der Waals surface area contributed by atoms with Crippen LogP contribution in [0.2, 0.25) is 0 Å². The summed E-state index contributed by atoms with van der Waals surface area (Å²) in [5, 5.41) is 4.74. The van der Waals surface area contributed by atoms with Gasteiger partial charge in [-0.3, -0.25) is 9.59 Å². The van der Waals surface area contributed by atoms with E-state index >= 15 is 0 Å². The molecule has 0 aliphatic carbocycles. The van der Waals surface area contributed by atoms with Crippen LogP contribution in [-0.4, -0.2) is 23.2 Å². The van der Waals surface area contributed by atoms with E-state index in [2.05, 4.69) is 31.4 Å². The number of nitrogens with one attached hydrogen (secondary N) is 2. The maximum absolute atomic E-state index is 12.1. The van der Waals surface area contributed by atoms with Crippen LogP contribution in [-0.2, 0) is 4.79 Å². The predicted octanol–water partition coefficient (Wildman–Crippen LogP) is 3.21. The highest BCUT2D eigenvalue weighted by atomic mass is 79.9. The number of aromatic nitrogens is 1. The first-order chi connectivity index (χ1) is 12.5. The number of nitrogens with zero attached hydrogens (tertiary/aromatic N) is 1. The van der Waals surface area contributed by atoms with Gasteiger partial charge in [-0.25, -0.2) is 5.43 Å². The molecule has 1 heterocycles. The second kappa shape index (κ2) is 7.97. The van der Waals surface area contributed by atoms with Crippen molar-refractivity contribution in [1.29, 1.82) is 0 Å². The van der Waals surface area contributed by atoms with Gasteiger partial charge in [0.05, 0.1) is 11.8 Å². The number of hydrazone groups is 1. The Labute approximate surface area is 158 Å². The number of carbonyl (C=O) groups is 1. The summed E-state index contributed by atoms with van der Waals surface area (Å²) in [7, 11) is 0. The molecule has 2 aromatic carbocycles. The summed E-state index contributed by atoms with van der Waals surface area (Å²) in [4.78, 5) is 26.8. The van der Waals surface area contributed by atoms with Gasteiger partial charge >= 0.3 is 0 Å². The quantitative estimate of drug-likeness (QED) is 0.497. The van der Waals surface area contributed by atoms with Crippen molar-refractivity contribution in [2.45, 2.75) is 13.0 Å². The summed E-state index contributed by atoms with van der Waals surface area (Å²) >= 11 is 3.34. The van der Waals surface area contributed by atoms with Crippen molar-refractivity contribution in [2.75, 3.05) is 0 Å². The highest BCUT2D eigenvalue weighted by Gasteiger charge is 2.13. The lowest BCUT2D eigenvalue weighted by Gasteiger charge is -2.12. The zero-order chi connectivity index (χ0) is 18.5. The summed E-state index contributed by atoms with van der Waals surface area (Å²) < 4.78 is 6.46. The molecule has 1 atom stereocenters. The second-order valence-corrected chi connectivity index (χ2v) is 6.50. The van der Waals surface area contributed by atoms with Crippen molar-refractivity contribution >= 4 is 39.0 Å². The Morgan fingerprint density at radius 3 is 2.73 bits per heavy atom. The molecule has 7 heteroatoms. The van der Waals surface area contributed by atoms with Gasteiger partial charge in [-0.2, -0.15) is 5.10 Å². The average Bonchev–Trinajstić information content (AvgIpc) is 2.63. The molecule has 0 saturated heterocycles. The standard InChI is InChI=1S/C19H16BrN3O3/c1-12(26-16-8-6-15(20)7-9-16)18(24)23-21-11-14-10-13-4-2-3-5-17(13)22-19(14)25/h2-12H,1H3,(H,22,25)(H,23,24)/b21-11-/t12-/m0/s1. The molecule has 6 nitrogen and oxygen atoms in total. The fraction of sp³-hybridized carbons (Fsp3) is 0.105. The van der Waals surface area contributed by atoms with Crippen molar-refractivity contribution in [3.05, 3.63) is 75.0 Å². The Kier molecular flexibility index (Phi) is 5.48. The molecular formula is C19H16BrN3O3. The highest BCUT2D eigenvalue weighted by Crippen LogP contribution is 2.17. The minimum atomic E-state index is -0.733. The maximum Gasteiger partial charge on any atom is 0.280 e. The van der Waals surface area contributed by atoms with Crippen LogP contribution < -0.4 is 15.7 Å². The second-order valence-electron chi connectivity index (χ2n) is 5.59. The van der Waals surface area contributed by atoms with E-state index in [1.54, 1.807) is 25.1 Å². The molecule has 1 aromatic heterocycles. The number of aromatic amines is 1. The number of benzene rings is 2. The van der Waals surface area contributed by atoms with Gasteiger partial charge in [-0.1, -0.05) is 34.1 Å². The SMILES string of the molecule is C[C@H](Oc1ccc(Br)cc1)C(=O)N/N=C\c1cc2ccccc2[nH]c1=O. The number of pyridine rings is 1. The van der Waals surface area contributed by atoms with E-state index in [-0.39, 0.29) is 5.56 Å². The monoisotopic (exact) mass is 413 g/mol. The van der Waals surface area contributed by atoms with Crippen LogP contribution in [0.25, 0.3) is 10.9 Å². The fourth-order valence-corrected chi connectivity index (χ4v) is 2.55. The Balaban J connectivity index is 1.64. The first-order valence-corrected chi connectivity index (χ1v) is 8.69. The van der Waals surface area contributed by atoms with Crippen molar-refractivity contribution in [3.8, 4) is 5.75 Å². The number of amides is 1. The Hall–Kier alpha value is -2.93. The fourth-order valence-electron chi connectivity index (χ4n) is 2.29. The van der Waals surface area contributed by atoms with Gasteiger partial charge in [0, 0.05) is 9.99 Å². The van der Waals surface area contributed by atoms with Crippen molar-refractivity contribution in [1.82, 2.24) is 10.4 Å². The van der Waals surface area contributed by atoms with E-state index in [0.29, 0.717) is 11.3 Å². The zero-order valence-corrected chi connectivity index (χ0v) is 15.5. The van der Waals surface area contributed by atoms with E-state index in [9.17, 15) is 9.59 Å². The molecule has 1 amide bonds. The number of hydrogen-bond acceptors (Lipinski definition) is 4. The first kappa shape index (κ1) is 17.9. The molecule has 3 aromatic rings. The van der Waals surface area contributed by atoms with E-state index < -0.39 is 12.0 Å². The number of H-pyrrole nitrogens is 1. The summed E-state index contributed by atoms with van der Waals surface area (Å²) in [5.74, 6) is 0.159. The average molecular weight is 414 g/mol. The van der Waals surface area contributed by atoms with Gasteiger partial charge in [0.15, 0.2) is 6.10 Å². The first-order valence-electron chi connectivity index (χ1n) is 7.90. The van der Waals surface area contributed by atoms with Crippen molar-refractivity contribution < 1.29 is 9.53 Å². The van der Waals surface area contributed by atoms with Crippen LogP contribution in [0.5, 0.6) is 5.75 Å². The molecule has 0 unspecified atom stereocenters. The summed E-state index contributed by atoms with van der Waals surface area (Å²) in [6.45, 7) is 1.62. The summed E-state index contributed by atoms with van der Waals surface area (Å²) in [5.41, 5.74) is 3.20. The van der Waals surface area contributed by atoms with Crippen LogP contribution in [0.1, 0.15) is 12.5 Å². The molecule has 0 spiro atoms. The Morgan fingerprint density at radius 2 is 1.96 bits per heavy atom. The molecule has 0 bridgehead atoms. The minimum absolute atomic E-state index is 0.277. The van der Waals surface area contributed by atoms with E-state index in [4.69, 9.17) is 4.74 Å². The lowest BCUT2D eigenvalue weighted by Crippen LogP contribution is -2.33. The van der Waals surface area contributed by atoms with Gasteiger partial charge in [0.1, 0.15) is 5.75 Å². The predicted molar refractivity (Wildman–Crippen MR) is 105 cm³/mol. The van der Waals surface area contributed by atoms with Gasteiger partial charge in [-0.05, 0) is 48.7 Å². The number of hydrogen-bond donors (Lipinski definition) is 2. The number of para-hydroxylation sites is 1. The molecule has 2 N–H and O–H groups in total. The van der Waals surface area contributed by atoms with E-state index in [1.165, 1.54) is 6.21 Å². The van der Waals surface area contributed by atoms with Crippen LogP contribution in [0.3, 0.4) is 0 Å². The third-order valence-corrected chi connectivity index (χ3v) is 4.18. The summed E-state index contributed by atoms with van der Waals surface area (Å²) in [6.07, 6.45) is 0.582. The number of fused-ring (bicyclic) bond motifs is 1. The molecular weight excluding hydrogens is 398 g/mol. The molecule has 26 heavy (non-hydrogen) atoms. The molecule has 132 valence electrons. The van der Waals surface area contributed by atoms with Crippen LogP contribution in [0.4, 0.5) is 0 Å². The van der Waals surface area contributed by atoms with Gasteiger partial charge < -0.3 is 9.72 Å². The largest absolute Gasteiger partial charge is 0.481 e. The smallest absolute Gasteiger partial charge is 0.280 e. The lowest BCUT2D eigenvalue weighted by molar-refractivity contribution is -0.127. The van der Waals surface area contributed by atoms with Gasteiger partial charge in [-0.15, -0.1) is 0 Å². The minimum Gasteiger partial charge on any atom is -0.481 e. The molecule has 0 fully saturated rings. The van der Waals surface area contributed by atoms with Gasteiger partial charge in [0.25, 0.3) is 11.5 Å². The molecule has 3 rings (SSSR count). The van der Waals surface area contributed by atoms with Crippen LogP contribution in [0.15, 0.2) is 69.0 Å². The third kappa shape index (κ3) is 4.37. The van der Waals surface area contributed by atoms with E-state index in [0.717, 1.165) is 15.4 Å². The third-order valence-electron chi connectivity index (χ3n) is 3.66. The van der Waals surface area contributed by atoms with Crippen molar-refractivity contribution in [3.63, 3.8) is 0 Å². The highest BCUT2D eigenvalue weighted by molar-refractivity contribution is 9.10. The van der Waals surface area contributed by atoms with Gasteiger partial charge in [0.2, 0.25) is 0 Å². The van der Waals surface area contributed by atoms with Crippen LogP contribution >= 0.6 is 15.9 Å².